The molecule has 0 bridgehead atoms. The molecule has 0 fully saturated rings. The molecule has 0 radical (unpaired) electrons. The Kier molecular flexibility index (Phi) is 4.75. The van der Waals surface area contributed by atoms with Crippen molar-refractivity contribution in [2.75, 3.05) is 6.26 Å². The number of benzene rings is 2. The molecule has 0 spiro atoms. The third-order valence-corrected chi connectivity index (χ3v) is 4.56. The lowest BCUT2D eigenvalue weighted by Gasteiger charge is -2.04. The minimum absolute atomic E-state index is 0.0262. The molecule has 3 aromatic rings. The molecule has 0 amide bonds. The summed E-state index contributed by atoms with van der Waals surface area (Å²) in [6.45, 7) is 0. The van der Waals surface area contributed by atoms with E-state index in [4.69, 9.17) is 16.0 Å². The van der Waals surface area contributed by atoms with Crippen LogP contribution in [-0.4, -0.2) is 6.26 Å². The molecule has 0 saturated heterocycles. The highest BCUT2D eigenvalue weighted by molar-refractivity contribution is 7.98. The Hall–Kier alpha value is -2.48. The predicted octanol–water partition coefficient (Wildman–Crippen LogP) is 5.21. The van der Waals surface area contributed by atoms with Crippen LogP contribution in [0.1, 0.15) is 16.7 Å². The molecule has 3 rings (SSSR count). The first-order valence-electron chi connectivity index (χ1n) is 7.11. The van der Waals surface area contributed by atoms with Crippen molar-refractivity contribution in [2.45, 2.75) is 4.90 Å². The van der Waals surface area contributed by atoms with Gasteiger partial charge in [0.2, 0.25) is 0 Å². The molecule has 1 heterocycles. The summed E-state index contributed by atoms with van der Waals surface area (Å²) in [7, 11) is 0. The van der Waals surface area contributed by atoms with Gasteiger partial charge in [0.1, 0.15) is 17.2 Å². The first-order valence-corrected chi connectivity index (χ1v) is 8.71. The van der Waals surface area contributed by atoms with Crippen molar-refractivity contribution in [3.05, 3.63) is 74.6 Å². The second-order valence-corrected chi connectivity index (χ2v) is 6.35. The molecule has 118 valence electrons. The molecular formula is C19H12ClNO2S. The van der Waals surface area contributed by atoms with E-state index >= 15 is 0 Å². The fourth-order valence-electron chi connectivity index (χ4n) is 2.37. The summed E-state index contributed by atoms with van der Waals surface area (Å²) >= 11 is 7.72. The SMILES string of the molecule is CSc1ccc(/C=C/c2c(C#N)c(=O)oc3ccc(Cl)cc23)cc1. The van der Waals surface area contributed by atoms with Crippen molar-refractivity contribution >= 4 is 46.5 Å². The van der Waals surface area contributed by atoms with Gasteiger partial charge in [-0.25, -0.2) is 4.79 Å². The number of fused-ring (bicyclic) bond motifs is 1. The Labute approximate surface area is 148 Å². The van der Waals surface area contributed by atoms with Crippen LogP contribution in [0.15, 0.2) is 56.6 Å². The first kappa shape index (κ1) is 16.4. The Bertz CT molecular complexity index is 1030. The lowest BCUT2D eigenvalue weighted by atomic mass is 10.0. The molecule has 0 unspecified atom stereocenters. The molecule has 0 aliphatic carbocycles. The second kappa shape index (κ2) is 6.96. The second-order valence-electron chi connectivity index (χ2n) is 5.04. The van der Waals surface area contributed by atoms with Crippen molar-refractivity contribution in [2.24, 2.45) is 0 Å². The predicted molar refractivity (Wildman–Crippen MR) is 99.4 cm³/mol. The Morgan fingerprint density at radius 2 is 1.92 bits per heavy atom. The standard InChI is InChI=1S/C19H12ClNO2S/c1-24-14-6-2-12(3-7-14)4-8-15-16-10-13(20)5-9-18(16)23-19(22)17(15)11-21/h2-10H,1H3/b8-4+. The van der Waals surface area contributed by atoms with Gasteiger partial charge in [-0.15, -0.1) is 11.8 Å². The minimum Gasteiger partial charge on any atom is -0.422 e. The maximum absolute atomic E-state index is 12.0. The van der Waals surface area contributed by atoms with Crippen LogP contribution in [0.3, 0.4) is 0 Å². The number of nitrogens with zero attached hydrogens (tertiary/aromatic N) is 1. The number of rotatable bonds is 3. The highest BCUT2D eigenvalue weighted by Crippen LogP contribution is 2.25. The molecular weight excluding hydrogens is 342 g/mol. The van der Waals surface area contributed by atoms with Gasteiger partial charge in [-0.1, -0.05) is 35.9 Å². The van der Waals surface area contributed by atoms with E-state index in [0.717, 1.165) is 5.56 Å². The smallest absolute Gasteiger partial charge is 0.354 e. The van der Waals surface area contributed by atoms with Crippen LogP contribution in [0, 0.1) is 11.3 Å². The third-order valence-electron chi connectivity index (χ3n) is 3.58. The summed E-state index contributed by atoms with van der Waals surface area (Å²) in [5.41, 5.74) is 1.22. The van der Waals surface area contributed by atoms with Crippen molar-refractivity contribution in [3.63, 3.8) is 0 Å². The minimum atomic E-state index is -0.648. The zero-order chi connectivity index (χ0) is 17.1. The van der Waals surface area contributed by atoms with Crippen molar-refractivity contribution < 1.29 is 4.42 Å². The van der Waals surface area contributed by atoms with Gasteiger partial charge in [-0.3, -0.25) is 0 Å². The van der Waals surface area contributed by atoms with Crippen LogP contribution < -0.4 is 5.63 Å². The number of hydrogen-bond acceptors (Lipinski definition) is 4. The summed E-state index contributed by atoms with van der Waals surface area (Å²) in [6, 6.07) is 14.9. The average Bonchev–Trinajstić information content (AvgIpc) is 2.60. The first-order chi connectivity index (χ1) is 11.6. The van der Waals surface area contributed by atoms with E-state index in [2.05, 4.69) is 0 Å². The van der Waals surface area contributed by atoms with Gasteiger partial charge in [-0.2, -0.15) is 5.26 Å². The summed E-state index contributed by atoms with van der Waals surface area (Å²) < 4.78 is 5.19. The average molecular weight is 354 g/mol. The van der Waals surface area contributed by atoms with E-state index in [-0.39, 0.29) is 5.56 Å². The monoisotopic (exact) mass is 353 g/mol. The zero-order valence-corrected chi connectivity index (χ0v) is 14.3. The molecule has 0 N–H and O–H groups in total. The quantitative estimate of drug-likeness (QED) is 0.479. The van der Waals surface area contributed by atoms with E-state index in [1.165, 1.54) is 4.90 Å². The van der Waals surface area contributed by atoms with Gasteiger partial charge in [0, 0.05) is 20.9 Å². The topological polar surface area (TPSA) is 54.0 Å². The highest BCUT2D eigenvalue weighted by Gasteiger charge is 2.12. The van der Waals surface area contributed by atoms with Crippen LogP contribution in [0.4, 0.5) is 0 Å². The maximum Gasteiger partial charge on any atom is 0.354 e. The Morgan fingerprint density at radius 3 is 2.58 bits per heavy atom. The Morgan fingerprint density at radius 1 is 1.17 bits per heavy atom. The summed E-state index contributed by atoms with van der Waals surface area (Å²) in [6.07, 6.45) is 5.63. The van der Waals surface area contributed by atoms with Crippen molar-refractivity contribution in [3.8, 4) is 6.07 Å². The fraction of sp³-hybridized carbons (Fsp3) is 0.0526. The summed E-state index contributed by atoms with van der Waals surface area (Å²) in [4.78, 5) is 13.2. The lowest BCUT2D eigenvalue weighted by molar-refractivity contribution is 0.558. The van der Waals surface area contributed by atoms with Gasteiger partial charge in [0.25, 0.3) is 0 Å². The normalized spacial score (nSPS) is 11.0. The number of nitriles is 1. The largest absolute Gasteiger partial charge is 0.422 e. The van der Waals surface area contributed by atoms with Crippen LogP contribution in [0.25, 0.3) is 23.1 Å². The molecule has 1 aromatic heterocycles. The van der Waals surface area contributed by atoms with Gasteiger partial charge in [0.05, 0.1) is 0 Å². The van der Waals surface area contributed by atoms with E-state index < -0.39 is 5.63 Å². The van der Waals surface area contributed by atoms with Crippen LogP contribution in [0.5, 0.6) is 0 Å². The Balaban J connectivity index is 2.16. The van der Waals surface area contributed by atoms with E-state index in [1.54, 1.807) is 36.0 Å². The highest BCUT2D eigenvalue weighted by atomic mass is 35.5. The fourth-order valence-corrected chi connectivity index (χ4v) is 2.95. The van der Waals surface area contributed by atoms with Crippen LogP contribution >= 0.6 is 23.4 Å². The molecule has 0 aliphatic rings. The molecule has 0 atom stereocenters. The van der Waals surface area contributed by atoms with Gasteiger partial charge >= 0.3 is 5.63 Å². The number of thioether (sulfide) groups is 1. The molecule has 2 aromatic carbocycles. The van der Waals surface area contributed by atoms with Gasteiger partial charge < -0.3 is 4.42 Å². The van der Waals surface area contributed by atoms with Crippen LogP contribution in [-0.2, 0) is 0 Å². The van der Waals surface area contributed by atoms with Gasteiger partial charge in [0.15, 0.2) is 0 Å². The van der Waals surface area contributed by atoms with Crippen molar-refractivity contribution in [1.29, 1.82) is 5.26 Å². The molecule has 5 heteroatoms. The zero-order valence-electron chi connectivity index (χ0n) is 12.7. The maximum atomic E-state index is 12.0. The van der Waals surface area contributed by atoms with Gasteiger partial charge in [-0.05, 0) is 42.2 Å². The lowest BCUT2D eigenvalue weighted by Crippen LogP contribution is -2.06. The summed E-state index contributed by atoms with van der Waals surface area (Å²) in [5.74, 6) is 0. The molecule has 0 aliphatic heterocycles. The van der Waals surface area contributed by atoms with E-state index in [0.29, 0.717) is 21.6 Å². The number of halogens is 1. The molecule has 24 heavy (non-hydrogen) atoms. The van der Waals surface area contributed by atoms with E-state index in [9.17, 15) is 10.1 Å². The van der Waals surface area contributed by atoms with Crippen LogP contribution in [0.2, 0.25) is 5.02 Å². The molecule has 3 nitrogen and oxygen atoms in total. The third kappa shape index (κ3) is 3.23. The molecule has 0 saturated carbocycles. The van der Waals surface area contributed by atoms with Crippen molar-refractivity contribution in [1.82, 2.24) is 0 Å². The number of hydrogen-bond donors (Lipinski definition) is 0. The summed E-state index contributed by atoms with van der Waals surface area (Å²) in [5, 5.41) is 10.5. The van der Waals surface area contributed by atoms with E-state index in [1.807, 2.05) is 42.7 Å².